The zero-order valence-electron chi connectivity index (χ0n) is 16.3. The Kier molecular flexibility index (Phi) is 5.71. The molecule has 0 aromatic carbocycles. The maximum absolute atomic E-state index is 13.3. The molecule has 0 atom stereocenters. The van der Waals surface area contributed by atoms with Gasteiger partial charge in [-0.15, -0.1) is 0 Å². The van der Waals surface area contributed by atoms with Crippen LogP contribution in [0.2, 0.25) is 0 Å². The summed E-state index contributed by atoms with van der Waals surface area (Å²) in [5.74, 6) is 0.728. The van der Waals surface area contributed by atoms with Gasteiger partial charge in [-0.25, -0.2) is 4.98 Å². The highest BCUT2D eigenvalue weighted by Gasteiger charge is 2.33. The third-order valence-electron chi connectivity index (χ3n) is 4.76. The zero-order valence-corrected chi connectivity index (χ0v) is 18.0. The molecule has 0 spiro atoms. The number of thioether (sulfide) groups is 1. The number of rotatable bonds is 4. The van der Waals surface area contributed by atoms with Gasteiger partial charge >= 0.3 is 0 Å². The first-order valence-corrected chi connectivity index (χ1v) is 10.8. The lowest BCUT2D eigenvalue weighted by molar-refractivity contribution is -0.122. The Hall–Kier alpha value is -2.23. The summed E-state index contributed by atoms with van der Waals surface area (Å²) >= 11 is 6.64. The standard InChI is InChI=1S/C20H22N4O3S2/c1-13(2)12-24-19(26)15(29-20(24)28)11-14-17(22-7-9-27-10-8-22)21-16-5-3-4-6-23(16)18(14)25/h3-6,11,13H,7-10,12H2,1-2H3/b15-11-. The average molecular weight is 431 g/mol. The average Bonchev–Trinajstić information content (AvgIpc) is 2.97. The van der Waals surface area contributed by atoms with Crippen molar-refractivity contribution in [3.8, 4) is 0 Å². The monoisotopic (exact) mass is 430 g/mol. The van der Waals surface area contributed by atoms with Crippen molar-refractivity contribution in [2.24, 2.45) is 5.92 Å². The first-order valence-electron chi connectivity index (χ1n) is 9.55. The minimum Gasteiger partial charge on any atom is -0.378 e. The lowest BCUT2D eigenvalue weighted by Crippen LogP contribution is -2.38. The minimum atomic E-state index is -0.203. The van der Waals surface area contributed by atoms with Crippen molar-refractivity contribution >= 4 is 51.7 Å². The molecule has 9 heteroatoms. The number of nitrogens with zero attached hydrogens (tertiary/aromatic N) is 4. The number of carbonyl (C=O) groups is 1. The van der Waals surface area contributed by atoms with E-state index in [2.05, 4.69) is 0 Å². The molecule has 7 nitrogen and oxygen atoms in total. The summed E-state index contributed by atoms with van der Waals surface area (Å²) in [4.78, 5) is 35.0. The van der Waals surface area contributed by atoms with Gasteiger partial charge in [-0.2, -0.15) is 0 Å². The number of hydrogen-bond acceptors (Lipinski definition) is 7. The van der Waals surface area contributed by atoms with Crippen molar-refractivity contribution in [2.45, 2.75) is 13.8 Å². The first kappa shape index (κ1) is 20.1. The second-order valence-corrected chi connectivity index (χ2v) is 9.04. The maximum Gasteiger partial charge on any atom is 0.267 e. The molecule has 0 bridgehead atoms. The van der Waals surface area contributed by atoms with Crippen molar-refractivity contribution in [3.05, 3.63) is 45.2 Å². The summed E-state index contributed by atoms with van der Waals surface area (Å²) in [6.45, 7) is 7.08. The van der Waals surface area contributed by atoms with Gasteiger partial charge in [0.05, 0.1) is 23.7 Å². The number of thiocarbonyl (C=S) groups is 1. The van der Waals surface area contributed by atoms with E-state index in [-0.39, 0.29) is 11.5 Å². The van der Waals surface area contributed by atoms with E-state index in [4.69, 9.17) is 21.9 Å². The van der Waals surface area contributed by atoms with Gasteiger partial charge in [-0.3, -0.25) is 18.9 Å². The number of aromatic nitrogens is 2. The summed E-state index contributed by atoms with van der Waals surface area (Å²) in [5, 5.41) is 0. The highest BCUT2D eigenvalue weighted by molar-refractivity contribution is 8.26. The van der Waals surface area contributed by atoms with Crippen LogP contribution in [0.5, 0.6) is 0 Å². The van der Waals surface area contributed by atoms with Crippen molar-refractivity contribution in [1.29, 1.82) is 0 Å². The Labute approximate surface area is 178 Å². The number of carbonyl (C=O) groups excluding carboxylic acids is 1. The summed E-state index contributed by atoms with van der Waals surface area (Å²) < 4.78 is 7.47. The Morgan fingerprint density at radius 1 is 1.28 bits per heavy atom. The lowest BCUT2D eigenvalue weighted by Gasteiger charge is -2.29. The molecule has 2 fully saturated rings. The number of pyridine rings is 1. The SMILES string of the molecule is CC(C)CN1C(=O)/C(=C/c2c(N3CCOCC3)nc3ccccn3c2=O)SC1=S. The summed E-state index contributed by atoms with van der Waals surface area (Å²) in [6, 6.07) is 5.44. The van der Waals surface area contributed by atoms with E-state index in [9.17, 15) is 9.59 Å². The van der Waals surface area contributed by atoms with Gasteiger partial charge < -0.3 is 9.64 Å². The molecule has 0 N–H and O–H groups in total. The van der Waals surface area contributed by atoms with Crippen LogP contribution in [-0.4, -0.2) is 57.4 Å². The van der Waals surface area contributed by atoms with E-state index < -0.39 is 0 Å². The van der Waals surface area contributed by atoms with E-state index in [1.807, 2.05) is 24.8 Å². The van der Waals surface area contributed by atoms with Gasteiger partial charge in [0.15, 0.2) is 0 Å². The van der Waals surface area contributed by atoms with Gasteiger partial charge in [0.25, 0.3) is 11.5 Å². The smallest absolute Gasteiger partial charge is 0.267 e. The predicted octanol–water partition coefficient (Wildman–Crippen LogP) is 2.39. The van der Waals surface area contributed by atoms with Crippen LogP contribution in [0, 0.1) is 5.92 Å². The Morgan fingerprint density at radius 3 is 2.76 bits per heavy atom. The second kappa shape index (κ2) is 8.25. The highest BCUT2D eigenvalue weighted by atomic mass is 32.2. The fraction of sp³-hybridized carbons (Fsp3) is 0.400. The van der Waals surface area contributed by atoms with Crippen LogP contribution in [0.1, 0.15) is 19.4 Å². The van der Waals surface area contributed by atoms with Crippen LogP contribution in [0.15, 0.2) is 34.1 Å². The van der Waals surface area contributed by atoms with Crippen molar-refractivity contribution in [2.75, 3.05) is 37.7 Å². The number of fused-ring (bicyclic) bond motifs is 1. The van der Waals surface area contributed by atoms with Gasteiger partial charge in [-0.1, -0.05) is 43.9 Å². The molecule has 2 aromatic rings. The van der Waals surface area contributed by atoms with Gasteiger partial charge in [0.2, 0.25) is 0 Å². The van der Waals surface area contributed by atoms with Crippen LogP contribution in [0.4, 0.5) is 5.82 Å². The predicted molar refractivity (Wildman–Crippen MR) is 119 cm³/mol. The number of ether oxygens (including phenoxy) is 1. The normalized spacial score (nSPS) is 19.2. The lowest BCUT2D eigenvalue weighted by atomic mass is 10.2. The van der Waals surface area contributed by atoms with Crippen LogP contribution < -0.4 is 10.5 Å². The molecule has 2 aromatic heterocycles. The highest BCUT2D eigenvalue weighted by Crippen LogP contribution is 2.34. The fourth-order valence-electron chi connectivity index (χ4n) is 3.39. The molecular weight excluding hydrogens is 408 g/mol. The second-order valence-electron chi connectivity index (χ2n) is 7.37. The quantitative estimate of drug-likeness (QED) is 0.545. The van der Waals surface area contributed by atoms with Gasteiger partial charge in [-0.05, 0) is 24.1 Å². The molecule has 2 aliphatic heterocycles. The number of anilines is 1. The molecule has 29 heavy (non-hydrogen) atoms. The molecule has 4 rings (SSSR count). The molecular formula is C20H22N4O3S2. The molecule has 0 saturated carbocycles. The van der Waals surface area contributed by atoms with Crippen LogP contribution >= 0.6 is 24.0 Å². The zero-order chi connectivity index (χ0) is 20.5. The maximum atomic E-state index is 13.3. The van der Waals surface area contributed by atoms with E-state index in [1.165, 1.54) is 16.2 Å². The molecule has 0 unspecified atom stereocenters. The Morgan fingerprint density at radius 2 is 2.03 bits per heavy atom. The molecule has 2 aliphatic rings. The summed E-state index contributed by atoms with van der Waals surface area (Å²) in [5.41, 5.74) is 0.773. The number of hydrogen-bond donors (Lipinski definition) is 0. The molecule has 4 heterocycles. The Balaban J connectivity index is 1.83. The number of amides is 1. The third kappa shape index (κ3) is 3.94. The van der Waals surface area contributed by atoms with Crippen molar-refractivity contribution in [3.63, 3.8) is 0 Å². The van der Waals surface area contributed by atoms with E-state index in [1.54, 1.807) is 29.3 Å². The first-order chi connectivity index (χ1) is 14.0. The largest absolute Gasteiger partial charge is 0.378 e. The van der Waals surface area contributed by atoms with Crippen molar-refractivity contribution in [1.82, 2.24) is 14.3 Å². The van der Waals surface area contributed by atoms with Gasteiger partial charge in [0.1, 0.15) is 15.8 Å². The molecule has 152 valence electrons. The van der Waals surface area contributed by atoms with Crippen LogP contribution in [-0.2, 0) is 9.53 Å². The van der Waals surface area contributed by atoms with Crippen molar-refractivity contribution < 1.29 is 9.53 Å². The van der Waals surface area contributed by atoms with E-state index in [0.717, 1.165) is 0 Å². The summed E-state index contributed by atoms with van der Waals surface area (Å²) in [6.07, 6.45) is 3.34. The molecule has 1 amide bonds. The summed E-state index contributed by atoms with van der Waals surface area (Å²) in [7, 11) is 0. The van der Waals surface area contributed by atoms with E-state index >= 15 is 0 Å². The third-order valence-corrected chi connectivity index (χ3v) is 6.13. The molecule has 0 radical (unpaired) electrons. The molecule has 0 aliphatic carbocycles. The van der Waals surface area contributed by atoms with E-state index in [0.29, 0.717) is 65.0 Å². The fourth-order valence-corrected chi connectivity index (χ4v) is 4.64. The minimum absolute atomic E-state index is 0.154. The number of morpholine rings is 1. The topological polar surface area (TPSA) is 67.2 Å². The Bertz CT molecular complexity index is 1060. The molecule has 2 saturated heterocycles. The van der Waals surface area contributed by atoms with Crippen LogP contribution in [0.25, 0.3) is 11.7 Å². The van der Waals surface area contributed by atoms with Gasteiger partial charge in [0, 0.05) is 25.8 Å². The van der Waals surface area contributed by atoms with Crippen LogP contribution in [0.3, 0.4) is 0 Å².